The second-order valence-corrected chi connectivity index (χ2v) is 7.19. The summed E-state index contributed by atoms with van der Waals surface area (Å²) in [7, 11) is 0. The molecule has 0 bridgehead atoms. The Morgan fingerprint density at radius 3 is 1.69 bits per heavy atom. The monoisotopic (exact) mass is 397 g/mol. The van der Waals surface area contributed by atoms with Crippen molar-refractivity contribution in [3.63, 3.8) is 0 Å². The second kappa shape index (κ2) is 16.4. The zero-order valence-electron chi connectivity index (χ0n) is 17.2. The van der Waals surface area contributed by atoms with Crippen molar-refractivity contribution in [3.05, 3.63) is 58.7 Å². The molecule has 2 N–H and O–H groups in total. The number of aryl methyl sites for hydroxylation is 1. The van der Waals surface area contributed by atoms with Gasteiger partial charge in [0.2, 0.25) is 0 Å². The molecule has 0 amide bonds. The number of rotatable bonds is 11. The molecule has 0 radical (unpaired) electrons. The minimum atomic E-state index is 0. The smallest absolute Gasteiger partial charge is 0 e. The molecule has 0 aromatic heterocycles. The van der Waals surface area contributed by atoms with Crippen LogP contribution in [0.5, 0.6) is 0 Å². The van der Waals surface area contributed by atoms with Gasteiger partial charge in [-0.05, 0) is 6.54 Å². The van der Waals surface area contributed by atoms with E-state index in [-0.39, 0.29) is 17.1 Å². The van der Waals surface area contributed by atoms with Gasteiger partial charge in [0, 0.05) is 17.1 Å². The Labute approximate surface area is 173 Å². The molecule has 154 valence electrons. The van der Waals surface area contributed by atoms with Crippen LogP contribution in [0.4, 0.5) is 0 Å². The fraction of sp³-hybridized carbons (Fsp3) is 0.583. The molecule has 0 aliphatic carbocycles. The molecule has 2 rings (SSSR count). The van der Waals surface area contributed by atoms with Crippen molar-refractivity contribution in [2.45, 2.75) is 91.5 Å². The Morgan fingerprint density at radius 1 is 0.808 bits per heavy atom. The van der Waals surface area contributed by atoms with Crippen LogP contribution in [-0.2, 0) is 30.0 Å². The molecule has 0 aliphatic rings. The Hall–Kier alpha value is -0.821. The van der Waals surface area contributed by atoms with E-state index in [0.29, 0.717) is 6.54 Å². The summed E-state index contributed by atoms with van der Waals surface area (Å²) in [4.78, 5) is 0. The van der Waals surface area contributed by atoms with E-state index in [4.69, 9.17) is 5.73 Å². The SMILES string of the molecule is CCCCCCCCCCC[c-]1cc(CN)c(C)c1C.[Fe].[cH-]1[cH-][cH-][cH-][cH-]1. The average Bonchev–Trinajstić information content (AvgIpc) is 3.28. The molecule has 0 aliphatic heterocycles. The van der Waals surface area contributed by atoms with Gasteiger partial charge in [0.05, 0.1) is 0 Å². The second-order valence-electron chi connectivity index (χ2n) is 7.19. The third kappa shape index (κ3) is 10.4. The molecule has 0 unspecified atom stereocenters. The molecule has 0 saturated carbocycles. The number of hydrogen-bond donors (Lipinski definition) is 1. The van der Waals surface area contributed by atoms with Crippen molar-refractivity contribution in [2.24, 2.45) is 5.73 Å². The topological polar surface area (TPSA) is 26.0 Å². The van der Waals surface area contributed by atoms with E-state index < -0.39 is 0 Å². The Bertz CT molecular complexity index is 507. The summed E-state index contributed by atoms with van der Waals surface area (Å²) in [5.41, 5.74) is 11.5. The number of nitrogens with two attached hydrogens (primary N) is 1. The molecular weight excluding hydrogens is 358 g/mol. The van der Waals surface area contributed by atoms with Crippen LogP contribution in [-0.4, -0.2) is 0 Å². The third-order valence-electron chi connectivity index (χ3n) is 5.20. The van der Waals surface area contributed by atoms with Crippen molar-refractivity contribution in [1.82, 2.24) is 0 Å². The molecule has 0 spiro atoms. The molecule has 0 saturated heterocycles. The van der Waals surface area contributed by atoms with Gasteiger partial charge >= 0.3 is 0 Å². The van der Waals surface area contributed by atoms with Crippen LogP contribution in [0.25, 0.3) is 0 Å². The Balaban J connectivity index is 0.000000893. The quantitative estimate of drug-likeness (QED) is 0.248. The summed E-state index contributed by atoms with van der Waals surface area (Å²) in [5.74, 6) is 0. The van der Waals surface area contributed by atoms with E-state index >= 15 is 0 Å². The van der Waals surface area contributed by atoms with Crippen molar-refractivity contribution in [1.29, 1.82) is 0 Å². The van der Waals surface area contributed by atoms with E-state index in [1.807, 2.05) is 30.3 Å². The van der Waals surface area contributed by atoms with Crippen molar-refractivity contribution in [3.8, 4) is 0 Å². The predicted octanol–water partition coefficient (Wildman–Crippen LogP) is 6.96. The van der Waals surface area contributed by atoms with Gasteiger partial charge in [-0.15, -0.1) is 0 Å². The summed E-state index contributed by atoms with van der Waals surface area (Å²) in [6.45, 7) is 7.42. The van der Waals surface area contributed by atoms with E-state index in [9.17, 15) is 0 Å². The predicted molar refractivity (Wildman–Crippen MR) is 112 cm³/mol. The Morgan fingerprint density at radius 2 is 1.27 bits per heavy atom. The molecule has 26 heavy (non-hydrogen) atoms. The summed E-state index contributed by atoms with van der Waals surface area (Å²) >= 11 is 0. The van der Waals surface area contributed by atoms with Gasteiger partial charge in [0.1, 0.15) is 0 Å². The standard InChI is InChI=1S/C19H34N.C5H5.Fe/c1-4-5-6-7-8-9-10-11-12-13-18-14-19(15-20)17(3)16(18)2;1-2-4-5-3-1;/h14H,4-13,15,20H2,1-3H3;1-5H;/q-1;-5;. The van der Waals surface area contributed by atoms with Gasteiger partial charge in [0.25, 0.3) is 0 Å². The first-order valence-electron chi connectivity index (χ1n) is 10.3. The van der Waals surface area contributed by atoms with E-state index in [1.54, 1.807) is 0 Å². The van der Waals surface area contributed by atoms with E-state index in [2.05, 4.69) is 26.8 Å². The summed E-state index contributed by atoms with van der Waals surface area (Å²) in [5, 5.41) is 0. The summed E-state index contributed by atoms with van der Waals surface area (Å²) < 4.78 is 0. The van der Waals surface area contributed by atoms with Crippen LogP contribution >= 0.6 is 0 Å². The van der Waals surface area contributed by atoms with Crippen LogP contribution in [0.15, 0.2) is 36.4 Å². The Kier molecular flexibility index (Phi) is 15.8. The van der Waals surface area contributed by atoms with Gasteiger partial charge in [-0.25, -0.2) is 0 Å². The maximum absolute atomic E-state index is 5.78. The molecule has 1 nitrogen and oxygen atoms in total. The molecule has 0 heterocycles. The summed E-state index contributed by atoms with van der Waals surface area (Å²) in [6.07, 6.45) is 13.9. The maximum atomic E-state index is 5.78. The first-order valence-corrected chi connectivity index (χ1v) is 10.3. The minimum absolute atomic E-state index is 0. The van der Waals surface area contributed by atoms with Crippen LogP contribution in [0.1, 0.15) is 87.0 Å². The minimum Gasteiger partial charge on any atom is -0.748 e. The van der Waals surface area contributed by atoms with Crippen LogP contribution < -0.4 is 5.73 Å². The fourth-order valence-corrected chi connectivity index (χ4v) is 3.33. The first kappa shape index (κ1) is 25.2. The van der Waals surface area contributed by atoms with E-state index in [1.165, 1.54) is 86.5 Å². The number of unbranched alkanes of at least 4 members (excludes halogenated alkanes) is 8. The van der Waals surface area contributed by atoms with Gasteiger partial charge in [-0.3, -0.25) is 0 Å². The van der Waals surface area contributed by atoms with Crippen LogP contribution in [0.2, 0.25) is 0 Å². The van der Waals surface area contributed by atoms with Crippen molar-refractivity contribution >= 4 is 0 Å². The molecule has 0 atom stereocenters. The van der Waals surface area contributed by atoms with Crippen LogP contribution in [0, 0.1) is 13.8 Å². The largest absolute Gasteiger partial charge is 0.748 e. The van der Waals surface area contributed by atoms with E-state index in [0.717, 1.165) is 0 Å². The molecule has 2 aromatic carbocycles. The average molecular weight is 397 g/mol. The van der Waals surface area contributed by atoms with Crippen LogP contribution in [0.3, 0.4) is 0 Å². The molecule has 2 aromatic rings. The zero-order valence-corrected chi connectivity index (χ0v) is 18.3. The van der Waals surface area contributed by atoms with Gasteiger partial charge in [0.15, 0.2) is 0 Å². The third-order valence-corrected chi connectivity index (χ3v) is 5.20. The number of hydrogen-bond acceptors (Lipinski definition) is 1. The normalized spacial score (nSPS) is 10.2. The first-order chi connectivity index (χ1) is 12.2. The maximum Gasteiger partial charge on any atom is 0 e. The van der Waals surface area contributed by atoms with Gasteiger partial charge in [-0.2, -0.15) is 28.3 Å². The molecular formula is C24H39FeN-6. The summed E-state index contributed by atoms with van der Waals surface area (Å²) in [6, 6.07) is 12.3. The van der Waals surface area contributed by atoms with Crippen molar-refractivity contribution in [2.75, 3.05) is 0 Å². The van der Waals surface area contributed by atoms with Gasteiger partial charge < -0.3 is 36.1 Å². The molecule has 2 heteroatoms. The fourth-order valence-electron chi connectivity index (χ4n) is 3.33. The molecule has 0 fully saturated rings. The zero-order chi connectivity index (χ0) is 18.3. The van der Waals surface area contributed by atoms with Gasteiger partial charge in [-0.1, -0.05) is 85.0 Å². The van der Waals surface area contributed by atoms with Crippen molar-refractivity contribution < 1.29 is 17.1 Å².